The summed E-state index contributed by atoms with van der Waals surface area (Å²) in [6.45, 7) is 3.64. The van der Waals surface area contributed by atoms with Crippen molar-refractivity contribution in [2.24, 2.45) is 17.8 Å². The van der Waals surface area contributed by atoms with E-state index < -0.39 is 23.9 Å². The van der Waals surface area contributed by atoms with E-state index in [1.165, 1.54) is 11.0 Å². The van der Waals surface area contributed by atoms with Gasteiger partial charge in [-0.1, -0.05) is 60.4 Å². The van der Waals surface area contributed by atoms with Gasteiger partial charge in [0.15, 0.2) is 0 Å². The van der Waals surface area contributed by atoms with E-state index in [2.05, 4.69) is 12.2 Å². The van der Waals surface area contributed by atoms with Gasteiger partial charge in [0.1, 0.15) is 5.75 Å². The molecular formula is C36H39ClN2O5. The Morgan fingerprint density at radius 1 is 1.02 bits per heavy atom. The number of halogens is 1. The Hall–Kier alpha value is -3.91. The van der Waals surface area contributed by atoms with Crippen molar-refractivity contribution in [1.82, 2.24) is 0 Å². The number of hydrogen-bond acceptors (Lipinski definition) is 6. The van der Waals surface area contributed by atoms with Gasteiger partial charge < -0.3 is 20.6 Å². The fourth-order valence-electron chi connectivity index (χ4n) is 6.67. The Morgan fingerprint density at radius 2 is 1.73 bits per heavy atom. The third-order valence-electron chi connectivity index (χ3n) is 8.73. The maximum atomic E-state index is 13.8. The van der Waals surface area contributed by atoms with Gasteiger partial charge in [0.05, 0.1) is 35.3 Å². The zero-order chi connectivity index (χ0) is 31.4. The number of aliphatic hydroxyl groups excluding tert-OH is 2. The molecule has 2 amide bonds. The third-order valence-corrected chi connectivity index (χ3v) is 9.05. The zero-order valence-corrected chi connectivity index (χ0v) is 25.8. The number of aliphatic hydroxyl groups is 2. The molecule has 4 N–H and O–H groups in total. The van der Waals surface area contributed by atoms with Crippen LogP contribution < -0.4 is 10.2 Å². The van der Waals surface area contributed by atoms with Crippen LogP contribution in [0.4, 0.5) is 17.1 Å². The molecule has 0 saturated carbocycles. The van der Waals surface area contributed by atoms with E-state index in [1.807, 2.05) is 55.5 Å². The number of hydrogen-bond donors (Lipinski definition) is 4. The van der Waals surface area contributed by atoms with Crippen molar-refractivity contribution in [1.29, 1.82) is 0 Å². The monoisotopic (exact) mass is 614 g/mol. The van der Waals surface area contributed by atoms with E-state index in [-0.39, 0.29) is 24.2 Å². The molecule has 0 aromatic heterocycles. The number of carbonyl (C=O) groups excluding carboxylic acids is 2. The number of benzene rings is 3. The molecule has 8 heteroatoms. The zero-order valence-electron chi connectivity index (χ0n) is 25.0. The fourth-order valence-corrected chi connectivity index (χ4v) is 6.90. The number of nitrogens with zero attached hydrogens (tertiary/aromatic N) is 1. The highest BCUT2D eigenvalue weighted by atomic mass is 35.5. The van der Waals surface area contributed by atoms with E-state index in [1.54, 1.807) is 24.3 Å². The first kappa shape index (κ1) is 31.5. The predicted octanol–water partition coefficient (Wildman–Crippen LogP) is 7.25. The molecule has 0 bridgehead atoms. The first-order chi connectivity index (χ1) is 21.2. The van der Waals surface area contributed by atoms with E-state index in [0.717, 1.165) is 40.9 Å². The number of para-hydroxylation sites is 1. The summed E-state index contributed by atoms with van der Waals surface area (Å²) in [6, 6.07) is 21.8. The van der Waals surface area contributed by atoms with Gasteiger partial charge in [0, 0.05) is 17.3 Å². The molecule has 0 unspecified atom stereocenters. The Kier molecular flexibility index (Phi) is 9.89. The normalized spacial score (nSPS) is 21.1. The highest BCUT2D eigenvalue weighted by Gasteiger charge is 2.54. The van der Waals surface area contributed by atoms with Gasteiger partial charge >= 0.3 is 0 Å². The van der Waals surface area contributed by atoms with Crippen LogP contribution in [0.25, 0.3) is 6.08 Å². The van der Waals surface area contributed by atoms with Crippen LogP contribution in [0.1, 0.15) is 51.5 Å². The summed E-state index contributed by atoms with van der Waals surface area (Å²) >= 11 is 6.33. The predicted molar refractivity (Wildman–Crippen MR) is 175 cm³/mol. The van der Waals surface area contributed by atoms with E-state index >= 15 is 0 Å². The molecule has 5 rings (SSSR count). The first-order valence-electron chi connectivity index (χ1n) is 15.2. The molecule has 1 heterocycles. The molecule has 0 radical (unpaired) electrons. The Bertz CT molecular complexity index is 1570. The summed E-state index contributed by atoms with van der Waals surface area (Å²) in [4.78, 5) is 28.7. The molecule has 1 aliphatic heterocycles. The molecule has 44 heavy (non-hydrogen) atoms. The summed E-state index contributed by atoms with van der Waals surface area (Å²) in [7, 11) is 0. The molecule has 3 aromatic rings. The first-order valence-corrected chi connectivity index (χ1v) is 15.6. The molecule has 7 nitrogen and oxygen atoms in total. The quantitative estimate of drug-likeness (QED) is 0.134. The lowest BCUT2D eigenvalue weighted by Gasteiger charge is -2.35. The minimum absolute atomic E-state index is 0.100. The van der Waals surface area contributed by atoms with Crippen molar-refractivity contribution in [3.05, 3.63) is 100 Å². The van der Waals surface area contributed by atoms with Crippen LogP contribution in [0.15, 0.2) is 89.5 Å². The number of allylic oxidation sites excluding steroid dienone is 2. The van der Waals surface area contributed by atoms with Crippen LogP contribution in [0.3, 0.4) is 0 Å². The van der Waals surface area contributed by atoms with Crippen LogP contribution in [-0.2, 0) is 9.59 Å². The van der Waals surface area contributed by atoms with Crippen LogP contribution in [-0.4, -0.2) is 39.8 Å². The molecule has 1 saturated heterocycles. The average molecular weight is 615 g/mol. The number of phenolic OH excluding ortho intramolecular Hbond substituents is 1. The molecule has 4 atom stereocenters. The van der Waals surface area contributed by atoms with E-state index in [0.29, 0.717) is 35.5 Å². The summed E-state index contributed by atoms with van der Waals surface area (Å²) in [6.07, 6.45) is 4.22. The number of aromatic hydroxyl groups is 1. The van der Waals surface area contributed by atoms with Crippen molar-refractivity contribution < 1.29 is 24.9 Å². The lowest BCUT2D eigenvalue weighted by Crippen LogP contribution is -2.38. The molecule has 0 spiro atoms. The van der Waals surface area contributed by atoms with E-state index in [4.69, 9.17) is 11.6 Å². The standard InChI is InChI=1S/C36H39ClN2O5/c1-3-7-23(19-24-11-16-28(41)20-31(24)37)10-17-32(42)33-22(2)18-29-34(30(33)21-40)36(44)39(35(29)43)27-14-12-26(13-15-27)38-25-8-5-4-6-9-25/h4-6,8-9,11-16,19-20,29-30,32,34,38,40-42H,3,7,10,17-18,21H2,1-2H3/b23-19+/t29-,30+,32-,34-/m1/s1. The maximum Gasteiger partial charge on any atom is 0.238 e. The Morgan fingerprint density at radius 3 is 2.39 bits per heavy atom. The van der Waals surface area contributed by atoms with Gasteiger partial charge in [0.2, 0.25) is 11.8 Å². The third kappa shape index (κ3) is 6.60. The number of amides is 2. The second-order valence-electron chi connectivity index (χ2n) is 11.7. The second-order valence-corrected chi connectivity index (χ2v) is 12.1. The molecule has 1 fully saturated rings. The van der Waals surface area contributed by atoms with Gasteiger partial charge in [-0.15, -0.1) is 0 Å². The van der Waals surface area contributed by atoms with Gasteiger partial charge in [-0.2, -0.15) is 0 Å². The van der Waals surface area contributed by atoms with Crippen molar-refractivity contribution in [2.75, 3.05) is 16.8 Å². The van der Waals surface area contributed by atoms with E-state index in [9.17, 15) is 24.9 Å². The van der Waals surface area contributed by atoms with Crippen LogP contribution in [0, 0.1) is 17.8 Å². The fraction of sp³-hybridized carbons (Fsp3) is 0.333. The Balaban J connectivity index is 1.32. The smallest absolute Gasteiger partial charge is 0.238 e. The molecule has 1 aliphatic carbocycles. The van der Waals surface area contributed by atoms with Crippen molar-refractivity contribution in [2.45, 2.75) is 52.1 Å². The minimum Gasteiger partial charge on any atom is -0.508 e. The highest BCUT2D eigenvalue weighted by molar-refractivity contribution is 6.32. The number of imide groups is 1. The highest BCUT2D eigenvalue weighted by Crippen LogP contribution is 2.47. The maximum absolute atomic E-state index is 13.8. The van der Waals surface area contributed by atoms with Crippen molar-refractivity contribution >= 4 is 46.6 Å². The number of rotatable bonds is 11. The topological polar surface area (TPSA) is 110 Å². The number of nitrogens with one attached hydrogen (secondary N) is 1. The lowest BCUT2D eigenvalue weighted by molar-refractivity contribution is -0.123. The lowest BCUT2D eigenvalue weighted by atomic mass is 9.68. The minimum atomic E-state index is -0.871. The summed E-state index contributed by atoms with van der Waals surface area (Å²) in [5.74, 6) is -2.46. The summed E-state index contributed by atoms with van der Waals surface area (Å²) in [5, 5.41) is 35.4. The Labute approximate surface area is 263 Å². The van der Waals surface area contributed by atoms with Gasteiger partial charge in [-0.25, -0.2) is 0 Å². The summed E-state index contributed by atoms with van der Waals surface area (Å²) in [5.41, 5.74) is 5.67. The number of anilines is 3. The number of fused-ring (bicyclic) bond motifs is 1. The SMILES string of the molecule is CCC/C(=C\c1ccc(O)cc1Cl)CC[C@@H](O)C1=C(C)C[C@H]2C(=O)N(c3ccc(Nc4ccccc4)cc3)C(=O)[C@H]2[C@H]1CO. The molecule has 230 valence electrons. The molecular weight excluding hydrogens is 576 g/mol. The van der Waals surface area contributed by atoms with Crippen LogP contribution in [0.5, 0.6) is 5.75 Å². The van der Waals surface area contributed by atoms with Crippen LogP contribution in [0.2, 0.25) is 5.02 Å². The van der Waals surface area contributed by atoms with Gasteiger partial charge in [-0.05, 0) is 98.3 Å². The van der Waals surface area contributed by atoms with Crippen molar-refractivity contribution in [3.8, 4) is 5.75 Å². The second kappa shape index (κ2) is 13.8. The summed E-state index contributed by atoms with van der Waals surface area (Å²) < 4.78 is 0. The number of carbonyl (C=O) groups is 2. The molecule has 2 aliphatic rings. The van der Waals surface area contributed by atoms with Gasteiger partial charge in [0.25, 0.3) is 0 Å². The van der Waals surface area contributed by atoms with Crippen LogP contribution >= 0.6 is 11.6 Å². The largest absolute Gasteiger partial charge is 0.508 e. The average Bonchev–Trinajstić information content (AvgIpc) is 3.26. The number of phenols is 1. The van der Waals surface area contributed by atoms with Crippen molar-refractivity contribution in [3.63, 3.8) is 0 Å². The van der Waals surface area contributed by atoms with Gasteiger partial charge in [-0.3, -0.25) is 14.5 Å². The molecule has 3 aromatic carbocycles.